The van der Waals surface area contributed by atoms with Gasteiger partial charge in [0.25, 0.3) is 0 Å². The number of carbonyl (C=O) groups is 4. The minimum atomic E-state index is -0.497. The molecule has 0 amide bonds. The number of hydrogen-bond donors (Lipinski definition) is 0. The normalized spacial score (nSPS) is 17.2. The number of fused-ring (bicyclic) bond motifs is 2. The van der Waals surface area contributed by atoms with E-state index in [0.717, 1.165) is 33.4 Å². The molecule has 2 aliphatic rings. The monoisotopic (exact) mass is 1070 g/mol. The second-order valence-electron chi connectivity index (χ2n) is 22.4. The number of benzene rings is 8. The van der Waals surface area contributed by atoms with Gasteiger partial charge < -0.3 is 18.9 Å². The molecular weight excluding hydrogens is 993 g/mol. The lowest BCUT2D eigenvalue weighted by atomic mass is 9.77. The van der Waals surface area contributed by atoms with Crippen LogP contribution in [-0.2, 0) is 22.4 Å². The Morgan fingerprint density at radius 1 is 0.388 bits per heavy atom. The summed E-state index contributed by atoms with van der Waals surface area (Å²) in [6, 6.07) is 52.6. The molecule has 0 atom stereocenters. The van der Waals surface area contributed by atoms with E-state index >= 15 is 0 Å². The van der Waals surface area contributed by atoms with E-state index in [4.69, 9.17) is 18.9 Å². The number of esters is 4. The number of carbonyl (C=O) groups excluding carboxylic acids is 4. The lowest BCUT2D eigenvalue weighted by Crippen LogP contribution is -2.14. The third-order valence-corrected chi connectivity index (χ3v) is 16.8. The van der Waals surface area contributed by atoms with Crippen LogP contribution in [0, 0.1) is 11.8 Å². The van der Waals surface area contributed by atoms with E-state index in [1.165, 1.54) is 114 Å². The molecule has 0 aliphatic heterocycles. The molecule has 2 saturated carbocycles. The molecule has 0 radical (unpaired) electrons. The summed E-state index contributed by atoms with van der Waals surface area (Å²) in [6.07, 6.45) is 20.3. The van der Waals surface area contributed by atoms with Gasteiger partial charge in [0, 0.05) is 11.1 Å². The standard InChI is InChI=1S/C72H74O8/c1-3-5-7-13-49-19-27-53(28-20-49)55-31-35-59(36-32-55)71(75)77-61-41-23-51(24-42-61)47-67(73)79-65-45-39-57-15-9-11-17-63(57)69(65)70-64-18-12-10-16-58(64)40-46-66(70)80-68(74)48-52-25-43-62(44-26-52)78-72(76)60-37-33-56(34-38-60)54-29-21-50(22-30-54)14-8-6-4-2/h9-12,15-18,23-26,31-46,49-50,53-54H,3-8,13-14,19-22,27-30,47-48H2,1-2H3. The van der Waals surface area contributed by atoms with Crippen molar-refractivity contribution in [1.82, 2.24) is 0 Å². The van der Waals surface area contributed by atoms with Crippen LogP contribution in [-0.4, -0.2) is 23.9 Å². The van der Waals surface area contributed by atoms with Crippen LogP contribution in [0.4, 0.5) is 0 Å². The largest absolute Gasteiger partial charge is 0.426 e. The zero-order chi connectivity index (χ0) is 55.2. The Labute approximate surface area is 471 Å². The summed E-state index contributed by atoms with van der Waals surface area (Å²) in [7, 11) is 0. The van der Waals surface area contributed by atoms with Gasteiger partial charge >= 0.3 is 23.9 Å². The quantitative estimate of drug-likeness (QED) is 0.0398. The smallest absolute Gasteiger partial charge is 0.343 e. The summed E-state index contributed by atoms with van der Waals surface area (Å²) in [5.41, 5.74) is 6.14. The van der Waals surface area contributed by atoms with Crippen molar-refractivity contribution in [2.75, 3.05) is 0 Å². The molecule has 10 rings (SSSR count). The lowest BCUT2D eigenvalue weighted by Gasteiger charge is -2.29. The maximum absolute atomic E-state index is 13.9. The fraction of sp³-hybridized carbons (Fsp3) is 0.333. The predicted octanol–water partition coefficient (Wildman–Crippen LogP) is 18.1. The molecule has 8 nitrogen and oxygen atoms in total. The molecule has 2 fully saturated rings. The molecule has 2 aliphatic carbocycles. The van der Waals surface area contributed by atoms with Gasteiger partial charge in [-0.15, -0.1) is 0 Å². The average molecular weight is 1070 g/mol. The second-order valence-corrected chi connectivity index (χ2v) is 22.4. The fourth-order valence-corrected chi connectivity index (χ4v) is 12.2. The third-order valence-electron chi connectivity index (χ3n) is 16.8. The van der Waals surface area contributed by atoms with Crippen molar-refractivity contribution < 1.29 is 38.1 Å². The third kappa shape index (κ3) is 14.1. The number of hydrogen-bond acceptors (Lipinski definition) is 8. The molecular formula is C72H74O8. The van der Waals surface area contributed by atoms with Crippen LogP contribution in [0.3, 0.4) is 0 Å². The summed E-state index contributed by atoms with van der Waals surface area (Å²) >= 11 is 0. The number of unbranched alkanes of at least 4 members (excludes halogenated alkanes) is 4. The van der Waals surface area contributed by atoms with Crippen molar-refractivity contribution in [2.45, 2.75) is 141 Å². The Bertz CT molecular complexity index is 3150. The van der Waals surface area contributed by atoms with E-state index in [1.54, 1.807) is 60.7 Å². The Hall–Kier alpha value is -7.84. The van der Waals surface area contributed by atoms with E-state index < -0.39 is 23.9 Å². The van der Waals surface area contributed by atoms with Crippen molar-refractivity contribution >= 4 is 45.4 Å². The van der Waals surface area contributed by atoms with Gasteiger partial charge in [-0.25, -0.2) is 9.59 Å². The van der Waals surface area contributed by atoms with Crippen LogP contribution >= 0.6 is 0 Å². The van der Waals surface area contributed by atoms with Gasteiger partial charge in [-0.2, -0.15) is 0 Å². The molecule has 0 saturated heterocycles. The molecule has 80 heavy (non-hydrogen) atoms. The Kier molecular flexibility index (Phi) is 18.6. The number of rotatable bonds is 21. The first-order valence-corrected chi connectivity index (χ1v) is 29.4. The topological polar surface area (TPSA) is 105 Å². The molecule has 8 heteroatoms. The fourth-order valence-electron chi connectivity index (χ4n) is 12.2. The minimum Gasteiger partial charge on any atom is -0.426 e. The van der Waals surface area contributed by atoms with Crippen LogP contribution < -0.4 is 18.9 Å². The van der Waals surface area contributed by atoms with Crippen LogP contribution in [0.2, 0.25) is 0 Å². The average Bonchev–Trinajstić information content (AvgIpc) is 3.67. The lowest BCUT2D eigenvalue weighted by molar-refractivity contribution is -0.134. The highest BCUT2D eigenvalue weighted by molar-refractivity contribution is 6.10. The second kappa shape index (κ2) is 26.9. The van der Waals surface area contributed by atoms with Crippen LogP contribution in [0.1, 0.15) is 171 Å². The SMILES string of the molecule is CCCCCC1CCC(c2ccc(C(=O)Oc3ccc(CC(=O)Oc4ccc5ccccc5c4-c4c(OC(=O)Cc5ccc(OC(=O)c6ccc(C7CCC(CCCCC)CC7)cc6)cc5)ccc5ccccc45)cc3)cc2)CC1. The Balaban J connectivity index is 0.773. The first kappa shape index (κ1) is 55.5. The van der Waals surface area contributed by atoms with Gasteiger partial charge in [0.15, 0.2) is 0 Å². The predicted molar refractivity (Wildman–Crippen MR) is 319 cm³/mol. The molecule has 0 heterocycles. The summed E-state index contributed by atoms with van der Waals surface area (Å²) in [5, 5.41) is 3.44. The first-order valence-electron chi connectivity index (χ1n) is 29.4. The van der Waals surface area contributed by atoms with Crippen molar-refractivity contribution in [3.8, 4) is 34.1 Å². The van der Waals surface area contributed by atoms with Crippen LogP contribution in [0.5, 0.6) is 23.0 Å². The van der Waals surface area contributed by atoms with Crippen molar-refractivity contribution in [3.05, 3.63) is 203 Å². The van der Waals surface area contributed by atoms with Gasteiger partial charge in [0.05, 0.1) is 24.0 Å². The van der Waals surface area contributed by atoms with Crippen LogP contribution in [0.25, 0.3) is 32.7 Å². The summed E-state index contributed by atoms with van der Waals surface area (Å²) < 4.78 is 24.0. The molecule has 0 aromatic heterocycles. The van der Waals surface area contributed by atoms with E-state index in [9.17, 15) is 19.2 Å². The van der Waals surface area contributed by atoms with Crippen molar-refractivity contribution in [1.29, 1.82) is 0 Å². The molecule has 0 unspecified atom stereocenters. The van der Waals surface area contributed by atoms with Crippen LogP contribution in [0.15, 0.2) is 170 Å². The maximum atomic E-state index is 13.9. The highest BCUT2D eigenvalue weighted by Gasteiger charge is 2.26. The first-order chi connectivity index (χ1) is 39.2. The molecule has 0 bridgehead atoms. The Morgan fingerprint density at radius 3 is 1.14 bits per heavy atom. The minimum absolute atomic E-state index is 0.0504. The molecule has 0 spiro atoms. The van der Waals surface area contributed by atoms with Gasteiger partial charge in [0.2, 0.25) is 0 Å². The molecule has 410 valence electrons. The van der Waals surface area contributed by atoms with Gasteiger partial charge in [-0.3, -0.25) is 9.59 Å². The van der Waals surface area contributed by atoms with E-state index in [1.807, 2.05) is 84.9 Å². The summed E-state index contributed by atoms with van der Waals surface area (Å²) in [6.45, 7) is 4.52. The maximum Gasteiger partial charge on any atom is 0.343 e. The molecule has 8 aromatic rings. The van der Waals surface area contributed by atoms with Crippen molar-refractivity contribution in [2.24, 2.45) is 11.8 Å². The molecule has 0 N–H and O–H groups in total. The highest BCUT2D eigenvalue weighted by Crippen LogP contribution is 2.46. The summed E-state index contributed by atoms with van der Waals surface area (Å²) in [4.78, 5) is 54.3. The molecule has 8 aromatic carbocycles. The van der Waals surface area contributed by atoms with E-state index in [-0.39, 0.29) is 12.8 Å². The number of ether oxygens (including phenoxy) is 4. The summed E-state index contributed by atoms with van der Waals surface area (Å²) in [5.74, 6) is 2.27. The zero-order valence-electron chi connectivity index (χ0n) is 46.5. The van der Waals surface area contributed by atoms with Gasteiger partial charge in [-0.1, -0.05) is 174 Å². The van der Waals surface area contributed by atoms with Crippen molar-refractivity contribution in [3.63, 3.8) is 0 Å². The van der Waals surface area contributed by atoms with E-state index in [2.05, 4.69) is 38.1 Å². The van der Waals surface area contributed by atoms with E-state index in [0.29, 0.717) is 68.2 Å². The Morgan fingerprint density at radius 2 is 0.762 bits per heavy atom. The van der Waals surface area contributed by atoms with Gasteiger partial charge in [-0.05, 0) is 180 Å². The van der Waals surface area contributed by atoms with Gasteiger partial charge in [0.1, 0.15) is 23.0 Å². The highest BCUT2D eigenvalue weighted by atomic mass is 16.5. The zero-order valence-corrected chi connectivity index (χ0v) is 46.5.